The highest BCUT2D eigenvalue weighted by molar-refractivity contribution is 5.72. The SMILES string of the molecule is CCCCC(CCC)NCc1ccccc1CC(=O)OC. The van der Waals surface area contributed by atoms with Crippen molar-refractivity contribution in [2.45, 2.75) is 65.0 Å². The summed E-state index contributed by atoms with van der Waals surface area (Å²) in [6, 6.07) is 8.67. The van der Waals surface area contributed by atoms with E-state index >= 15 is 0 Å². The van der Waals surface area contributed by atoms with Gasteiger partial charge in [-0.1, -0.05) is 57.4 Å². The van der Waals surface area contributed by atoms with E-state index in [0.29, 0.717) is 12.5 Å². The number of hydrogen-bond donors (Lipinski definition) is 1. The van der Waals surface area contributed by atoms with Crippen molar-refractivity contribution in [3.63, 3.8) is 0 Å². The van der Waals surface area contributed by atoms with Crippen molar-refractivity contribution in [1.82, 2.24) is 5.32 Å². The Morgan fingerprint density at radius 1 is 1.14 bits per heavy atom. The lowest BCUT2D eigenvalue weighted by molar-refractivity contribution is -0.139. The first kappa shape index (κ1) is 17.7. The van der Waals surface area contributed by atoms with Crippen LogP contribution in [-0.2, 0) is 22.5 Å². The van der Waals surface area contributed by atoms with Crippen LogP contribution >= 0.6 is 0 Å². The molecule has 0 spiro atoms. The van der Waals surface area contributed by atoms with Crippen LogP contribution in [0.15, 0.2) is 24.3 Å². The fourth-order valence-electron chi connectivity index (χ4n) is 2.53. The Kier molecular flexibility index (Phi) is 8.76. The number of carbonyl (C=O) groups is 1. The lowest BCUT2D eigenvalue weighted by atomic mass is 10.0. The molecule has 1 aromatic rings. The van der Waals surface area contributed by atoms with Gasteiger partial charge < -0.3 is 10.1 Å². The van der Waals surface area contributed by atoms with E-state index in [2.05, 4.69) is 25.2 Å². The molecule has 0 aliphatic heterocycles. The van der Waals surface area contributed by atoms with Crippen molar-refractivity contribution in [3.8, 4) is 0 Å². The smallest absolute Gasteiger partial charge is 0.309 e. The Bertz CT molecular complexity index is 417. The van der Waals surface area contributed by atoms with Crippen LogP contribution < -0.4 is 5.32 Å². The van der Waals surface area contributed by atoms with Crippen LogP contribution in [0.1, 0.15) is 57.1 Å². The number of unbranched alkanes of at least 4 members (excludes halogenated alkanes) is 1. The Morgan fingerprint density at radius 3 is 2.48 bits per heavy atom. The Morgan fingerprint density at radius 2 is 1.86 bits per heavy atom. The number of esters is 1. The number of benzene rings is 1. The average molecular weight is 291 g/mol. The fraction of sp³-hybridized carbons (Fsp3) is 0.611. The van der Waals surface area contributed by atoms with E-state index in [1.54, 1.807) is 0 Å². The van der Waals surface area contributed by atoms with Gasteiger partial charge >= 0.3 is 5.97 Å². The first-order chi connectivity index (χ1) is 10.2. The maximum atomic E-state index is 11.5. The van der Waals surface area contributed by atoms with Gasteiger partial charge in [-0.3, -0.25) is 4.79 Å². The van der Waals surface area contributed by atoms with Gasteiger partial charge in [0, 0.05) is 12.6 Å². The molecule has 21 heavy (non-hydrogen) atoms. The summed E-state index contributed by atoms with van der Waals surface area (Å²) in [5.74, 6) is -0.182. The zero-order valence-electron chi connectivity index (χ0n) is 13.7. The predicted octanol–water partition coefficient (Wildman–Crippen LogP) is 3.85. The van der Waals surface area contributed by atoms with E-state index in [0.717, 1.165) is 12.1 Å². The number of nitrogens with one attached hydrogen (secondary N) is 1. The Balaban J connectivity index is 2.61. The summed E-state index contributed by atoms with van der Waals surface area (Å²) in [5, 5.41) is 3.65. The van der Waals surface area contributed by atoms with Crippen LogP contribution in [-0.4, -0.2) is 19.1 Å². The number of carbonyl (C=O) groups excluding carboxylic acids is 1. The lowest BCUT2D eigenvalue weighted by Crippen LogP contribution is -2.29. The van der Waals surface area contributed by atoms with Crippen LogP contribution in [0.25, 0.3) is 0 Å². The third kappa shape index (κ3) is 6.76. The third-order valence-electron chi connectivity index (χ3n) is 3.81. The second-order valence-corrected chi connectivity index (χ2v) is 5.53. The van der Waals surface area contributed by atoms with Crippen LogP contribution in [0.5, 0.6) is 0 Å². The molecule has 0 aliphatic carbocycles. The molecule has 0 saturated heterocycles. The number of methoxy groups -OCH3 is 1. The van der Waals surface area contributed by atoms with E-state index < -0.39 is 0 Å². The highest BCUT2D eigenvalue weighted by Gasteiger charge is 2.10. The normalized spacial score (nSPS) is 12.1. The first-order valence-electron chi connectivity index (χ1n) is 8.08. The molecule has 0 fully saturated rings. The minimum Gasteiger partial charge on any atom is -0.469 e. The summed E-state index contributed by atoms with van der Waals surface area (Å²) < 4.78 is 4.77. The van der Waals surface area contributed by atoms with Gasteiger partial charge in [0.2, 0.25) is 0 Å². The van der Waals surface area contributed by atoms with Crippen molar-refractivity contribution in [2.24, 2.45) is 0 Å². The van der Waals surface area contributed by atoms with Gasteiger partial charge in [0.15, 0.2) is 0 Å². The second kappa shape index (κ2) is 10.4. The molecular formula is C18H29NO2. The molecule has 0 aromatic heterocycles. The van der Waals surface area contributed by atoms with Crippen molar-refractivity contribution >= 4 is 5.97 Å². The molecule has 0 heterocycles. The average Bonchev–Trinajstić information content (AvgIpc) is 2.51. The van der Waals surface area contributed by atoms with Gasteiger partial charge in [-0.05, 0) is 24.0 Å². The van der Waals surface area contributed by atoms with Crippen LogP contribution in [0.3, 0.4) is 0 Å². The summed E-state index contributed by atoms with van der Waals surface area (Å²) in [5.41, 5.74) is 2.25. The summed E-state index contributed by atoms with van der Waals surface area (Å²) >= 11 is 0. The van der Waals surface area contributed by atoms with Gasteiger partial charge in [0.25, 0.3) is 0 Å². The monoisotopic (exact) mass is 291 g/mol. The van der Waals surface area contributed by atoms with Crippen LogP contribution in [0.2, 0.25) is 0 Å². The summed E-state index contributed by atoms with van der Waals surface area (Å²) in [6.07, 6.45) is 6.48. The minimum atomic E-state index is -0.182. The molecule has 1 rings (SSSR count). The molecule has 1 aromatic carbocycles. The third-order valence-corrected chi connectivity index (χ3v) is 3.81. The molecule has 0 saturated carbocycles. The van der Waals surface area contributed by atoms with Gasteiger partial charge in [-0.2, -0.15) is 0 Å². The molecule has 0 aliphatic rings. The number of rotatable bonds is 10. The van der Waals surface area contributed by atoms with Gasteiger partial charge in [-0.15, -0.1) is 0 Å². The summed E-state index contributed by atoms with van der Waals surface area (Å²) in [4.78, 5) is 11.5. The van der Waals surface area contributed by atoms with Crippen molar-refractivity contribution in [1.29, 1.82) is 0 Å². The van der Waals surface area contributed by atoms with Crippen LogP contribution in [0, 0.1) is 0 Å². The second-order valence-electron chi connectivity index (χ2n) is 5.53. The van der Waals surface area contributed by atoms with Gasteiger partial charge in [0.1, 0.15) is 0 Å². The molecule has 3 heteroatoms. The first-order valence-corrected chi connectivity index (χ1v) is 8.08. The van der Waals surface area contributed by atoms with E-state index in [9.17, 15) is 4.79 Å². The van der Waals surface area contributed by atoms with E-state index in [-0.39, 0.29) is 5.97 Å². The van der Waals surface area contributed by atoms with Gasteiger partial charge in [-0.25, -0.2) is 0 Å². The highest BCUT2D eigenvalue weighted by Crippen LogP contribution is 2.13. The van der Waals surface area contributed by atoms with Crippen LogP contribution in [0.4, 0.5) is 0 Å². The fourth-order valence-corrected chi connectivity index (χ4v) is 2.53. The zero-order chi connectivity index (χ0) is 15.5. The molecular weight excluding hydrogens is 262 g/mol. The topological polar surface area (TPSA) is 38.3 Å². The molecule has 0 amide bonds. The van der Waals surface area contributed by atoms with E-state index in [1.165, 1.54) is 44.8 Å². The Labute approximate surface area is 129 Å². The lowest BCUT2D eigenvalue weighted by Gasteiger charge is -2.19. The minimum absolute atomic E-state index is 0.182. The van der Waals surface area contributed by atoms with Crippen molar-refractivity contribution in [2.75, 3.05) is 7.11 Å². The number of ether oxygens (including phenoxy) is 1. The molecule has 118 valence electrons. The van der Waals surface area contributed by atoms with Crippen molar-refractivity contribution < 1.29 is 9.53 Å². The molecule has 0 bridgehead atoms. The molecule has 1 unspecified atom stereocenters. The molecule has 3 nitrogen and oxygen atoms in total. The highest BCUT2D eigenvalue weighted by atomic mass is 16.5. The van der Waals surface area contributed by atoms with E-state index in [1.807, 2.05) is 18.2 Å². The van der Waals surface area contributed by atoms with Crippen molar-refractivity contribution in [3.05, 3.63) is 35.4 Å². The van der Waals surface area contributed by atoms with E-state index in [4.69, 9.17) is 4.74 Å². The summed E-state index contributed by atoms with van der Waals surface area (Å²) in [6.45, 7) is 5.28. The standard InChI is InChI=1S/C18H29NO2/c1-4-6-12-17(9-5-2)19-14-16-11-8-7-10-15(16)13-18(20)21-3/h7-8,10-11,17,19H,4-6,9,12-14H2,1-3H3. The summed E-state index contributed by atoms with van der Waals surface area (Å²) in [7, 11) is 1.44. The Hall–Kier alpha value is -1.35. The quantitative estimate of drug-likeness (QED) is 0.665. The number of hydrogen-bond acceptors (Lipinski definition) is 3. The molecule has 1 N–H and O–H groups in total. The zero-order valence-corrected chi connectivity index (χ0v) is 13.7. The molecule has 0 radical (unpaired) electrons. The van der Waals surface area contributed by atoms with Gasteiger partial charge in [0.05, 0.1) is 13.5 Å². The largest absolute Gasteiger partial charge is 0.469 e. The molecule has 1 atom stereocenters. The maximum Gasteiger partial charge on any atom is 0.309 e. The maximum absolute atomic E-state index is 11.5. The predicted molar refractivity (Wildman–Crippen MR) is 87.2 cm³/mol.